The van der Waals surface area contributed by atoms with E-state index in [9.17, 15) is 9.59 Å². The first-order chi connectivity index (χ1) is 18.4. The highest BCUT2D eigenvalue weighted by atomic mass is 35.5. The van der Waals surface area contributed by atoms with E-state index in [1.165, 1.54) is 11.8 Å². The summed E-state index contributed by atoms with van der Waals surface area (Å²) >= 11 is 7.43. The fraction of sp³-hybridized carbons (Fsp3) is 0.300. The number of hydrogen-bond donors (Lipinski definition) is 1. The molecule has 6 nitrogen and oxygen atoms in total. The number of carbonyl (C=O) groups excluding carboxylic acids is 2. The summed E-state index contributed by atoms with van der Waals surface area (Å²) in [4.78, 5) is 34.4. The van der Waals surface area contributed by atoms with Gasteiger partial charge in [-0.1, -0.05) is 73.0 Å². The third-order valence-corrected chi connectivity index (χ3v) is 8.24. The highest BCUT2D eigenvalue weighted by Gasteiger charge is 2.48. The molecule has 196 valence electrons. The van der Waals surface area contributed by atoms with Gasteiger partial charge in [0, 0.05) is 16.4 Å². The van der Waals surface area contributed by atoms with Crippen LogP contribution in [0.25, 0.3) is 11.1 Å². The van der Waals surface area contributed by atoms with Gasteiger partial charge in [-0.3, -0.25) is 14.5 Å². The molecule has 0 atom stereocenters. The molecule has 4 aromatic rings. The summed E-state index contributed by atoms with van der Waals surface area (Å²) in [5.41, 5.74) is 3.81. The molecule has 2 amide bonds. The number of halogens is 1. The molecule has 3 aromatic carbocycles. The average Bonchev–Trinajstić information content (AvgIpc) is 3.34. The minimum atomic E-state index is -1.03. The fourth-order valence-corrected chi connectivity index (χ4v) is 6.06. The Bertz CT molecular complexity index is 1410. The zero-order valence-corrected chi connectivity index (χ0v) is 23.1. The van der Waals surface area contributed by atoms with E-state index in [2.05, 4.69) is 10.3 Å². The number of carbonyl (C=O) groups is 2. The molecule has 1 heterocycles. The molecule has 0 bridgehead atoms. The number of anilines is 2. The third kappa shape index (κ3) is 5.31. The van der Waals surface area contributed by atoms with E-state index in [1.54, 1.807) is 17.0 Å². The Morgan fingerprint density at radius 3 is 2.34 bits per heavy atom. The van der Waals surface area contributed by atoms with Crippen LogP contribution in [0.1, 0.15) is 43.2 Å². The molecule has 0 spiro atoms. The quantitative estimate of drug-likeness (QED) is 0.241. The largest absolute Gasteiger partial charge is 0.431 e. The molecule has 1 fully saturated rings. The lowest BCUT2D eigenvalue weighted by molar-refractivity contribution is -0.127. The SMILES string of the molecule is Cc1cccc(C)c1NC(=O)C1(N(C(=O)CSc2nc3ccccc3o2)c2ccc(Cl)cc2)CCCCC1. The maximum atomic E-state index is 14.2. The second-order valence-corrected chi connectivity index (χ2v) is 11.1. The lowest BCUT2D eigenvalue weighted by atomic mass is 9.78. The van der Waals surface area contributed by atoms with E-state index < -0.39 is 5.54 Å². The van der Waals surface area contributed by atoms with E-state index in [1.807, 2.05) is 68.4 Å². The summed E-state index contributed by atoms with van der Waals surface area (Å²) in [5, 5.41) is 4.19. The van der Waals surface area contributed by atoms with E-state index in [4.69, 9.17) is 16.0 Å². The van der Waals surface area contributed by atoms with E-state index in [0.717, 1.165) is 41.6 Å². The van der Waals surface area contributed by atoms with Gasteiger partial charge in [0.2, 0.25) is 5.91 Å². The minimum Gasteiger partial charge on any atom is -0.431 e. The molecule has 8 heteroatoms. The molecule has 1 aliphatic rings. The van der Waals surface area contributed by atoms with Crippen molar-refractivity contribution in [2.75, 3.05) is 16.0 Å². The Labute approximate surface area is 231 Å². The number of aromatic nitrogens is 1. The van der Waals surface area contributed by atoms with Crippen LogP contribution in [0, 0.1) is 13.8 Å². The van der Waals surface area contributed by atoms with E-state index >= 15 is 0 Å². The lowest BCUT2D eigenvalue weighted by Gasteiger charge is -2.45. The first-order valence-electron chi connectivity index (χ1n) is 12.8. The zero-order valence-electron chi connectivity index (χ0n) is 21.5. The lowest BCUT2D eigenvalue weighted by Crippen LogP contribution is -2.61. The predicted octanol–water partition coefficient (Wildman–Crippen LogP) is 7.56. The number of thioether (sulfide) groups is 1. The molecular weight excluding hydrogens is 518 g/mol. The normalized spacial score (nSPS) is 14.8. The number of amides is 2. The molecule has 0 unspecified atom stereocenters. The molecule has 38 heavy (non-hydrogen) atoms. The highest BCUT2D eigenvalue weighted by molar-refractivity contribution is 7.99. The first kappa shape index (κ1) is 26.3. The van der Waals surface area contributed by atoms with Crippen molar-refractivity contribution in [3.05, 3.63) is 82.9 Å². The topological polar surface area (TPSA) is 75.4 Å². The maximum Gasteiger partial charge on any atom is 0.257 e. The monoisotopic (exact) mass is 547 g/mol. The zero-order chi connectivity index (χ0) is 26.7. The Hall–Kier alpha value is -3.29. The standard InChI is InChI=1S/C30H30ClN3O3S/c1-20-9-8-10-21(2)27(20)33-28(36)30(17-6-3-7-18-30)34(23-15-13-22(31)14-16-23)26(35)19-38-29-32-24-11-4-5-12-25(24)37-29/h4-5,8-16H,3,6-7,17-19H2,1-2H3,(H,33,36). The van der Waals surface area contributed by atoms with Crippen LogP contribution in [0.3, 0.4) is 0 Å². The van der Waals surface area contributed by atoms with Crippen molar-refractivity contribution < 1.29 is 14.0 Å². The number of fused-ring (bicyclic) bond motifs is 1. The van der Waals surface area contributed by atoms with Crippen LogP contribution >= 0.6 is 23.4 Å². The minimum absolute atomic E-state index is 0.0773. The van der Waals surface area contributed by atoms with Gasteiger partial charge in [0.25, 0.3) is 11.1 Å². The van der Waals surface area contributed by atoms with Crippen molar-refractivity contribution >= 4 is 57.7 Å². The molecule has 0 aliphatic heterocycles. The number of oxazole rings is 1. The van der Waals surface area contributed by atoms with Crippen LogP contribution in [0.5, 0.6) is 0 Å². The predicted molar refractivity (Wildman–Crippen MR) is 154 cm³/mol. The summed E-state index contributed by atoms with van der Waals surface area (Å²) in [6.07, 6.45) is 3.89. The smallest absolute Gasteiger partial charge is 0.257 e. The Kier molecular flexibility index (Phi) is 7.77. The number of hydrogen-bond acceptors (Lipinski definition) is 5. The van der Waals surface area contributed by atoms with Crippen LogP contribution in [-0.2, 0) is 9.59 Å². The van der Waals surface area contributed by atoms with Gasteiger partial charge < -0.3 is 9.73 Å². The van der Waals surface area contributed by atoms with Crippen molar-refractivity contribution in [2.45, 2.75) is 56.7 Å². The van der Waals surface area contributed by atoms with Crippen LogP contribution in [0.2, 0.25) is 5.02 Å². The average molecular weight is 548 g/mol. The number of benzene rings is 3. The van der Waals surface area contributed by atoms with Gasteiger partial charge in [0.05, 0.1) is 5.75 Å². The summed E-state index contributed by atoms with van der Waals surface area (Å²) in [7, 11) is 0. The molecule has 5 rings (SSSR count). The summed E-state index contributed by atoms with van der Waals surface area (Å²) in [6.45, 7) is 3.96. The molecule has 1 N–H and O–H groups in total. The molecule has 0 radical (unpaired) electrons. The second kappa shape index (κ2) is 11.2. The van der Waals surface area contributed by atoms with Crippen LogP contribution in [0.4, 0.5) is 11.4 Å². The second-order valence-electron chi connectivity index (χ2n) is 9.75. The van der Waals surface area contributed by atoms with Crippen molar-refractivity contribution in [3.63, 3.8) is 0 Å². The van der Waals surface area contributed by atoms with Crippen LogP contribution < -0.4 is 10.2 Å². The first-order valence-corrected chi connectivity index (χ1v) is 14.2. The van der Waals surface area contributed by atoms with Gasteiger partial charge in [0.1, 0.15) is 11.1 Å². The number of nitrogens with one attached hydrogen (secondary N) is 1. The third-order valence-electron chi connectivity index (χ3n) is 7.18. The summed E-state index contributed by atoms with van der Waals surface area (Å²) < 4.78 is 5.83. The number of para-hydroxylation sites is 3. The van der Waals surface area contributed by atoms with Gasteiger partial charge >= 0.3 is 0 Å². The molecule has 0 saturated heterocycles. The Morgan fingerprint density at radius 2 is 1.66 bits per heavy atom. The number of rotatable bonds is 7. The highest BCUT2D eigenvalue weighted by Crippen LogP contribution is 2.40. The Morgan fingerprint density at radius 1 is 0.974 bits per heavy atom. The van der Waals surface area contributed by atoms with Crippen molar-refractivity contribution in [1.29, 1.82) is 0 Å². The van der Waals surface area contributed by atoms with Gasteiger partial charge in [-0.25, -0.2) is 4.98 Å². The van der Waals surface area contributed by atoms with Crippen LogP contribution in [0.15, 0.2) is 76.4 Å². The summed E-state index contributed by atoms with van der Waals surface area (Å²) in [6, 6.07) is 20.6. The van der Waals surface area contributed by atoms with Crippen LogP contribution in [-0.4, -0.2) is 28.1 Å². The van der Waals surface area contributed by atoms with Gasteiger partial charge in [-0.05, 0) is 74.2 Å². The van der Waals surface area contributed by atoms with Crippen molar-refractivity contribution in [2.24, 2.45) is 0 Å². The Balaban J connectivity index is 1.50. The molecule has 1 aromatic heterocycles. The van der Waals surface area contributed by atoms with E-state index in [-0.39, 0.29) is 17.6 Å². The maximum absolute atomic E-state index is 14.2. The fourth-order valence-electron chi connectivity index (χ4n) is 5.25. The molecule has 1 aliphatic carbocycles. The van der Waals surface area contributed by atoms with Gasteiger partial charge in [-0.15, -0.1) is 0 Å². The van der Waals surface area contributed by atoms with E-state index in [0.29, 0.717) is 34.4 Å². The molecular formula is C30H30ClN3O3S. The summed E-state index contributed by atoms with van der Waals surface area (Å²) in [5.74, 6) is -0.267. The van der Waals surface area contributed by atoms with Gasteiger partial charge in [-0.2, -0.15) is 0 Å². The van der Waals surface area contributed by atoms with Crippen molar-refractivity contribution in [1.82, 2.24) is 4.98 Å². The number of nitrogens with zero attached hydrogens (tertiary/aromatic N) is 2. The number of aryl methyl sites for hydroxylation is 2. The van der Waals surface area contributed by atoms with Crippen molar-refractivity contribution in [3.8, 4) is 0 Å². The molecule has 1 saturated carbocycles. The van der Waals surface area contributed by atoms with Gasteiger partial charge in [0.15, 0.2) is 5.58 Å².